The second kappa shape index (κ2) is 8.12. The third-order valence-electron chi connectivity index (χ3n) is 6.34. The lowest BCUT2D eigenvalue weighted by atomic mass is 10.00. The van der Waals surface area contributed by atoms with E-state index in [4.69, 9.17) is 10.5 Å². The van der Waals surface area contributed by atoms with Crippen LogP contribution >= 0.6 is 0 Å². The van der Waals surface area contributed by atoms with Gasteiger partial charge >= 0.3 is 0 Å². The zero-order chi connectivity index (χ0) is 23.2. The highest BCUT2D eigenvalue weighted by Crippen LogP contribution is 2.42. The van der Waals surface area contributed by atoms with Crippen LogP contribution in [0.5, 0.6) is 5.75 Å². The number of H-pyrrole nitrogens is 2. The summed E-state index contributed by atoms with van der Waals surface area (Å²) < 4.78 is 34.5. The van der Waals surface area contributed by atoms with Gasteiger partial charge in [0, 0.05) is 39.4 Å². The Morgan fingerprint density at radius 2 is 1.88 bits per heavy atom. The summed E-state index contributed by atoms with van der Waals surface area (Å²) in [4.78, 5) is 8.34. The zero-order valence-electron chi connectivity index (χ0n) is 18.4. The number of anilines is 1. The number of nitrogens with zero attached hydrogens (tertiary/aromatic N) is 4. The van der Waals surface area contributed by atoms with Gasteiger partial charge in [-0.25, -0.2) is 8.78 Å². The first-order valence-electron chi connectivity index (χ1n) is 11.4. The van der Waals surface area contributed by atoms with Gasteiger partial charge in [-0.15, -0.1) is 5.10 Å². The molecule has 2 aromatic carbocycles. The maximum Gasteiger partial charge on any atom is 0.260 e. The van der Waals surface area contributed by atoms with E-state index in [1.165, 1.54) is 16.9 Å². The van der Waals surface area contributed by atoms with Crippen LogP contribution in [-0.2, 0) is 13.0 Å². The molecule has 0 spiro atoms. The number of aromatic amines is 2. The van der Waals surface area contributed by atoms with Gasteiger partial charge in [0.05, 0.1) is 24.2 Å². The van der Waals surface area contributed by atoms with Gasteiger partial charge in [0.1, 0.15) is 11.6 Å². The number of aryl methyl sites for hydroxylation is 2. The first-order valence-corrected chi connectivity index (χ1v) is 11.4. The minimum atomic E-state index is -0.304. The Balaban J connectivity index is 1.32. The number of hydrogen-bond donors (Lipinski definition) is 3. The second-order valence-electron chi connectivity index (χ2n) is 8.63. The summed E-state index contributed by atoms with van der Waals surface area (Å²) in [6.45, 7) is 1.14. The largest absolute Gasteiger partial charge is 0.489 e. The van der Waals surface area contributed by atoms with E-state index in [0.717, 1.165) is 63.2 Å². The zero-order valence-corrected chi connectivity index (χ0v) is 18.4. The first kappa shape index (κ1) is 20.6. The summed E-state index contributed by atoms with van der Waals surface area (Å²) in [6.07, 6.45) is 5.18. The van der Waals surface area contributed by atoms with Gasteiger partial charge in [-0.2, -0.15) is 4.80 Å². The van der Waals surface area contributed by atoms with Gasteiger partial charge in [0.2, 0.25) is 0 Å². The fourth-order valence-electron chi connectivity index (χ4n) is 4.73. The highest BCUT2D eigenvalue weighted by atomic mass is 19.1. The van der Waals surface area contributed by atoms with Crippen LogP contribution in [0.15, 0.2) is 30.1 Å². The lowest BCUT2D eigenvalue weighted by Gasteiger charge is -2.10. The Bertz CT molecular complexity index is 1560. The Morgan fingerprint density at radius 3 is 2.74 bits per heavy atom. The van der Waals surface area contributed by atoms with Crippen LogP contribution in [0.4, 0.5) is 14.7 Å². The summed E-state index contributed by atoms with van der Waals surface area (Å²) in [6, 6.07) is 6.67. The molecule has 0 atom stereocenters. The number of halogens is 2. The lowest BCUT2D eigenvalue weighted by Crippen LogP contribution is -2.04. The van der Waals surface area contributed by atoms with Crippen molar-refractivity contribution in [2.75, 3.05) is 12.3 Å². The SMILES string of the molecule is Nc1nnn(CCCCCOc2c3[nH]c4c(c3cc3c2[nH]c2ccc(F)cc23)C=C(F)CC4)n1. The Kier molecular flexibility index (Phi) is 4.93. The minimum absolute atomic E-state index is 0.135. The molecule has 0 fully saturated rings. The summed E-state index contributed by atoms with van der Waals surface area (Å²) in [5.41, 5.74) is 9.78. The molecule has 34 heavy (non-hydrogen) atoms. The van der Waals surface area contributed by atoms with Crippen molar-refractivity contribution in [1.29, 1.82) is 0 Å². The number of hydrogen-bond acceptors (Lipinski definition) is 5. The van der Waals surface area contributed by atoms with Crippen LogP contribution in [0.25, 0.3) is 38.8 Å². The van der Waals surface area contributed by atoms with Crippen molar-refractivity contribution in [1.82, 2.24) is 30.2 Å². The van der Waals surface area contributed by atoms with E-state index in [1.807, 2.05) is 6.07 Å². The van der Waals surface area contributed by atoms with Crippen molar-refractivity contribution in [3.05, 3.63) is 47.2 Å². The first-order chi connectivity index (χ1) is 16.6. The van der Waals surface area contributed by atoms with Crippen LogP contribution in [0.1, 0.15) is 36.9 Å². The van der Waals surface area contributed by atoms with Crippen molar-refractivity contribution in [2.24, 2.45) is 0 Å². The van der Waals surface area contributed by atoms with Crippen molar-refractivity contribution in [3.8, 4) is 5.75 Å². The monoisotopic (exact) mass is 463 g/mol. The molecule has 3 aromatic heterocycles. The molecular weight excluding hydrogens is 440 g/mol. The van der Waals surface area contributed by atoms with Crippen LogP contribution in [0.3, 0.4) is 0 Å². The Labute approximate surface area is 192 Å². The highest BCUT2D eigenvalue weighted by molar-refractivity contribution is 6.16. The molecule has 174 valence electrons. The number of benzene rings is 2. The molecule has 1 aliphatic rings. The van der Waals surface area contributed by atoms with Gasteiger partial charge in [0.15, 0.2) is 5.75 Å². The number of unbranched alkanes of at least 4 members (excludes halogenated alkanes) is 2. The smallest absolute Gasteiger partial charge is 0.260 e. The number of nitrogen functional groups attached to an aromatic ring is 1. The predicted molar refractivity (Wildman–Crippen MR) is 127 cm³/mol. The van der Waals surface area contributed by atoms with Crippen LogP contribution in [0.2, 0.25) is 0 Å². The molecule has 5 aromatic rings. The average molecular weight is 463 g/mol. The van der Waals surface area contributed by atoms with E-state index in [2.05, 4.69) is 25.4 Å². The molecule has 0 amide bonds. The number of tetrazole rings is 1. The molecular formula is C24H23F2N7O. The molecule has 8 nitrogen and oxygen atoms in total. The number of aromatic nitrogens is 6. The number of ether oxygens (including phenoxy) is 1. The van der Waals surface area contributed by atoms with Crippen molar-refractivity contribution >= 4 is 44.7 Å². The molecule has 4 N–H and O–H groups in total. The van der Waals surface area contributed by atoms with Crippen LogP contribution in [-0.4, -0.2) is 36.8 Å². The fraction of sp³-hybridized carbons (Fsp3) is 0.292. The summed E-state index contributed by atoms with van der Waals surface area (Å²) in [5.74, 6) is 0.409. The Hall–Kier alpha value is -3.95. The third-order valence-corrected chi connectivity index (χ3v) is 6.34. The van der Waals surface area contributed by atoms with Gasteiger partial charge in [-0.3, -0.25) is 0 Å². The summed E-state index contributed by atoms with van der Waals surface area (Å²) >= 11 is 0. The average Bonchev–Trinajstić information content (AvgIpc) is 3.50. The van der Waals surface area contributed by atoms with Crippen molar-refractivity contribution in [2.45, 2.75) is 38.6 Å². The normalized spacial score (nSPS) is 13.6. The quantitative estimate of drug-likeness (QED) is 0.294. The maximum absolute atomic E-state index is 14.1. The number of nitrogens with two attached hydrogens (primary N) is 1. The predicted octanol–water partition coefficient (Wildman–Crippen LogP) is 5.02. The minimum Gasteiger partial charge on any atom is -0.489 e. The number of rotatable bonds is 7. The van der Waals surface area contributed by atoms with E-state index >= 15 is 0 Å². The van der Waals surface area contributed by atoms with E-state index in [1.54, 1.807) is 12.1 Å². The number of allylic oxidation sites excluding steroid dienone is 1. The van der Waals surface area contributed by atoms with E-state index in [-0.39, 0.29) is 17.6 Å². The molecule has 0 saturated carbocycles. The molecule has 0 unspecified atom stereocenters. The summed E-state index contributed by atoms with van der Waals surface area (Å²) in [5, 5.41) is 14.0. The molecule has 0 saturated heterocycles. The molecule has 3 heterocycles. The van der Waals surface area contributed by atoms with E-state index in [9.17, 15) is 8.78 Å². The molecule has 0 aliphatic heterocycles. The van der Waals surface area contributed by atoms with Crippen LogP contribution < -0.4 is 10.5 Å². The van der Waals surface area contributed by atoms with E-state index < -0.39 is 0 Å². The Morgan fingerprint density at radius 1 is 1.00 bits per heavy atom. The van der Waals surface area contributed by atoms with E-state index in [0.29, 0.717) is 31.7 Å². The topological polar surface area (TPSA) is 110 Å². The highest BCUT2D eigenvalue weighted by Gasteiger charge is 2.22. The standard InChI is InChI=1S/C24H23F2N7O/c25-13-4-6-19-15(10-13)17-12-18-16-11-14(26)5-7-20(16)29-22(18)23(21(17)28-19)34-9-3-1-2-8-33-31-24(27)30-32-33/h4,6,10-12,28-29H,1-3,5,7-9H2,(H2,27,31). The second-order valence-corrected chi connectivity index (χ2v) is 8.63. The molecule has 6 rings (SSSR count). The summed E-state index contributed by atoms with van der Waals surface area (Å²) in [7, 11) is 0. The van der Waals surface area contributed by atoms with Gasteiger partial charge in [-0.05, 0) is 61.2 Å². The molecule has 10 heteroatoms. The third kappa shape index (κ3) is 3.55. The maximum atomic E-state index is 14.1. The molecule has 0 radical (unpaired) electrons. The van der Waals surface area contributed by atoms with Gasteiger partial charge in [-0.1, -0.05) is 5.10 Å². The van der Waals surface area contributed by atoms with Crippen molar-refractivity contribution < 1.29 is 13.5 Å². The van der Waals surface area contributed by atoms with Gasteiger partial charge in [0.25, 0.3) is 5.95 Å². The number of fused-ring (bicyclic) bond motifs is 6. The molecule has 1 aliphatic carbocycles. The fourth-order valence-corrected chi connectivity index (χ4v) is 4.73. The number of nitrogens with one attached hydrogen (secondary N) is 2. The van der Waals surface area contributed by atoms with Crippen LogP contribution in [0, 0.1) is 5.82 Å². The lowest BCUT2D eigenvalue weighted by molar-refractivity contribution is 0.308. The molecule has 0 bridgehead atoms. The van der Waals surface area contributed by atoms with Gasteiger partial charge < -0.3 is 20.4 Å². The van der Waals surface area contributed by atoms with Crippen molar-refractivity contribution in [3.63, 3.8) is 0 Å².